The van der Waals surface area contributed by atoms with Crippen LogP contribution in [0.1, 0.15) is 0 Å². The second kappa shape index (κ2) is 7.75. The minimum absolute atomic E-state index is 0.101. The van der Waals surface area contributed by atoms with Gasteiger partial charge in [-0.3, -0.25) is 14.5 Å². The van der Waals surface area contributed by atoms with E-state index in [1.807, 2.05) is 12.1 Å². The van der Waals surface area contributed by atoms with Gasteiger partial charge in [-0.15, -0.1) is 0 Å². The maximum Gasteiger partial charge on any atom is 0.317 e. The molecule has 0 spiro atoms. The lowest BCUT2D eigenvalue weighted by molar-refractivity contribution is -0.138. The lowest BCUT2D eigenvalue weighted by atomic mass is 10.3. The van der Waals surface area contributed by atoms with Gasteiger partial charge in [0.15, 0.2) is 0 Å². The molecule has 6 nitrogen and oxygen atoms in total. The van der Waals surface area contributed by atoms with Crippen LogP contribution in [0.4, 0.5) is 0 Å². The van der Waals surface area contributed by atoms with Gasteiger partial charge in [-0.25, -0.2) is 0 Å². The van der Waals surface area contributed by atoms with Gasteiger partial charge in [0.1, 0.15) is 12.4 Å². The third-order valence-electron chi connectivity index (χ3n) is 2.23. The van der Waals surface area contributed by atoms with Crippen LogP contribution in [0.2, 0.25) is 0 Å². The predicted molar refractivity (Wildman–Crippen MR) is 72.9 cm³/mol. The van der Waals surface area contributed by atoms with Crippen LogP contribution in [0.5, 0.6) is 5.75 Å². The number of hydrogen-bond donors (Lipinski definition) is 2. The first-order valence-corrected chi connectivity index (χ1v) is 6.37. The molecule has 0 unspecified atom stereocenters. The number of aliphatic carboxylic acids is 1. The number of carbonyl (C=O) groups excluding carboxylic acids is 1. The summed E-state index contributed by atoms with van der Waals surface area (Å²) in [4.78, 5) is 22.8. The van der Waals surface area contributed by atoms with Gasteiger partial charge in [0.2, 0.25) is 5.91 Å². The molecule has 0 aliphatic rings. The Morgan fingerprint density at radius 2 is 1.89 bits per heavy atom. The van der Waals surface area contributed by atoms with Crippen molar-refractivity contribution in [3.05, 3.63) is 28.7 Å². The summed E-state index contributed by atoms with van der Waals surface area (Å²) in [5.41, 5.74) is 5.05. The highest BCUT2D eigenvalue weighted by Crippen LogP contribution is 2.15. The minimum atomic E-state index is -1.01. The zero-order valence-electron chi connectivity index (χ0n) is 10.2. The smallest absolute Gasteiger partial charge is 0.317 e. The van der Waals surface area contributed by atoms with E-state index in [1.165, 1.54) is 4.90 Å². The summed E-state index contributed by atoms with van der Waals surface area (Å²) in [5.74, 6) is -0.896. The molecular formula is C12H15BrN2O4. The van der Waals surface area contributed by atoms with Gasteiger partial charge < -0.3 is 15.6 Å². The number of nitrogens with two attached hydrogens (primary N) is 1. The third-order valence-corrected chi connectivity index (χ3v) is 2.76. The van der Waals surface area contributed by atoms with Gasteiger partial charge in [-0.05, 0) is 24.3 Å². The molecule has 1 rings (SSSR count). The Labute approximate surface area is 119 Å². The molecule has 1 amide bonds. The number of hydrogen-bond acceptors (Lipinski definition) is 4. The first-order valence-electron chi connectivity index (χ1n) is 5.58. The molecule has 0 aromatic heterocycles. The van der Waals surface area contributed by atoms with Crippen molar-refractivity contribution < 1.29 is 19.4 Å². The maximum atomic E-state index is 10.8. The normalized spacial score (nSPS) is 10.4. The largest absolute Gasteiger partial charge is 0.492 e. The van der Waals surface area contributed by atoms with Crippen molar-refractivity contribution in [3.8, 4) is 5.75 Å². The number of carbonyl (C=O) groups is 2. The van der Waals surface area contributed by atoms with Crippen LogP contribution >= 0.6 is 15.9 Å². The van der Waals surface area contributed by atoms with E-state index in [9.17, 15) is 9.59 Å². The Kier molecular flexibility index (Phi) is 6.31. The van der Waals surface area contributed by atoms with E-state index in [0.717, 1.165) is 4.47 Å². The van der Waals surface area contributed by atoms with Crippen molar-refractivity contribution in [2.24, 2.45) is 5.73 Å². The fourth-order valence-corrected chi connectivity index (χ4v) is 1.71. The van der Waals surface area contributed by atoms with Crippen LogP contribution in [0.3, 0.4) is 0 Å². The molecule has 0 bridgehead atoms. The van der Waals surface area contributed by atoms with E-state index in [-0.39, 0.29) is 19.7 Å². The zero-order valence-corrected chi connectivity index (χ0v) is 11.8. The summed E-state index contributed by atoms with van der Waals surface area (Å²) in [6, 6.07) is 7.26. The van der Waals surface area contributed by atoms with E-state index >= 15 is 0 Å². The van der Waals surface area contributed by atoms with E-state index in [0.29, 0.717) is 12.3 Å². The molecule has 0 fully saturated rings. The quantitative estimate of drug-likeness (QED) is 0.731. The number of ether oxygens (including phenoxy) is 1. The number of halogens is 1. The molecule has 0 heterocycles. The first-order chi connectivity index (χ1) is 8.97. The van der Waals surface area contributed by atoms with E-state index in [2.05, 4.69) is 15.9 Å². The van der Waals surface area contributed by atoms with Crippen molar-refractivity contribution in [2.45, 2.75) is 0 Å². The molecule has 0 aliphatic carbocycles. The standard InChI is InChI=1S/C12H15BrN2O4/c13-9-1-3-10(4-2-9)19-6-5-15(7-11(14)16)8-12(17)18/h1-4H,5-8H2,(H2,14,16)(H,17,18). The number of carboxylic acids is 1. The van der Waals surface area contributed by atoms with Gasteiger partial charge in [-0.2, -0.15) is 0 Å². The van der Waals surface area contributed by atoms with Crippen molar-refractivity contribution in [3.63, 3.8) is 0 Å². The average Bonchev–Trinajstić information content (AvgIpc) is 2.30. The van der Waals surface area contributed by atoms with Gasteiger partial charge in [0.25, 0.3) is 0 Å². The van der Waals surface area contributed by atoms with E-state index in [4.69, 9.17) is 15.6 Å². The average molecular weight is 331 g/mol. The van der Waals surface area contributed by atoms with Crippen LogP contribution in [0.25, 0.3) is 0 Å². The Morgan fingerprint density at radius 1 is 1.26 bits per heavy atom. The number of carboxylic acid groups (broad SMARTS) is 1. The van der Waals surface area contributed by atoms with E-state index < -0.39 is 11.9 Å². The summed E-state index contributed by atoms with van der Waals surface area (Å²) < 4.78 is 6.39. The highest BCUT2D eigenvalue weighted by atomic mass is 79.9. The molecular weight excluding hydrogens is 316 g/mol. The monoisotopic (exact) mass is 330 g/mol. The Balaban J connectivity index is 2.40. The SMILES string of the molecule is NC(=O)CN(CCOc1ccc(Br)cc1)CC(=O)O. The van der Waals surface area contributed by atoms with Gasteiger partial charge in [0.05, 0.1) is 13.1 Å². The van der Waals surface area contributed by atoms with Crippen LogP contribution in [-0.4, -0.2) is 48.1 Å². The fraction of sp³-hybridized carbons (Fsp3) is 0.333. The van der Waals surface area contributed by atoms with Crippen molar-refractivity contribution in [1.29, 1.82) is 0 Å². The van der Waals surface area contributed by atoms with Crippen LogP contribution in [0.15, 0.2) is 28.7 Å². The van der Waals surface area contributed by atoms with Gasteiger partial charge in [0, 0.05) is 11.0 Å². The Hall–Kier alpha value is -1.60. The molecule has 0 saturated heterocycles. The molecule has 3 N–H and O–H groups in total. The summed E-state index contributed by atoms with van der Waals surface area (Å²) in [6.45, 7) is 0.246. The third kappa shape index (κ3) is 6.78. The second-order valence-corrected chi connectivity index (χ2v) is 4.79. The fourth-order valence-electron chi connectivity index (χ4n) is 1.45. The molecule has 0 radical (unpaired) electrons. The Bertz CT molecular complexity index is 420. The lowest BCUT2D eigenvalue weighted by Crippen LogP contribution is -2.39. The molecule has 104 valence electrons. The predicted octanol–water partition coefficient (Wildman–Crippen LogP) is 0.700. The van der Waals surface area contributed by atoms with Crippen molar-refractivity contribution in [1.82, 2.24) is 4.90 Å². The molecule has 0 atom stereocenters. The van der Waals surface area contributed by atoms with Crippen molar-refractivity contribution in [2.75, 3.05) is 26.2 Å². The number of benzene rings is 1. The van der Waals surface area contributed by atoms with Gasteiger partial charge >= 0.3 is 5.97 Å². The van der Waals surface area contributed by atoms with Crippen molar-refractivity contribution >= 4 is 27.8 Å². The van der Waals surface area contributed by atoms with E-state index in [1.54, 1.807) is 12.1 Å². The number of nitrogens with zero attached hydrogens (tertiary/aromatic N) is 1. The molecule has 19 heavy (non-hydrogen) atoms. The summed E-state index contributed by atoms with van der Waals surface area (Å²) >= 11 is 3.31. The highest BCUT2D eigenvalue weighted by molar-refractivity contribution is 9.10. The van der Waals surface area contributed by atoms with Gasteiger partial charge in [-0.1, -0.05) is 15.9 Å². The Morgan fingerprint density at radius 3 is 2.42 bits per heavy atom. The summed E-state index contributed by atoms with van der Waals surface area (Å²) in [5, 5.41) is 8.70. The molecule has 1 aromatic rings. The molecule has 7 heteroatoms. The highest BCUT2D eigenvalue weighted by Gasteiger charge is 2.12. The number of rotatable bonds is 8. The van der Waals surface area contributed by atoms with Crippen LogP contribution in [0, 0.1) is 0 Å². The first kappa shape index (κ1) is 15.5. The molecule has 0 saturated carbocycles. The topological polar surface area (TPSA) is 92.9 Å². The lowest BCUT2D eigenvalue weighted by Gasteiger charge is -2.18. The second-order valence-electron chi connectivity index (χ2n) is 3.87. The maximum absolute atomic E-state index is 10.8. The summed E-state index contributed by atoms with van der Waals surface area (Å²) in [7, 11) is 0. The summed E-state index contributed by atoms with van der Waals surface area (Å²) in [6.07, 6.45) is 0. The molecule has 1 aromatic carbocycles. The molecule has 0 aliphatic heterocycles. The number of amides is 1. The van der Waals surface area contributed by atoms with Crippen LogP contribution in [-0.2, 0) is 9.59 Å². The van der Waals surface area contributed by atoms with Crippen LogP contribution < -0.4 is 10.5 Å². The minimum Gasteiger partial charge on any atom is -0.492 e. The number of primary amides is 1. The zero-order chi connectivity index (χ0) is 14.3.